The van der Waals surface area contributed by atoms with E-state index in [1.807, 2.05) is 6.92 Å². The average molecular weight is 593 g/mol. The van der Waals surface area contributed by atoms with Crippen molar-refractivity contribution in [1.29, 1.82) is 5.41 Å². The first-order chi connectivity index (χ1) is 19.1. The van der Waals surface area contributed by atoms with E-state index in [0.717, 1.165) is 11.8 Å². The molecule has 2 heterocycles. The fourth-order valence-corrected chi connectivity index (χ4v) is 6.77. The number of hydrogen-bond donors (Lipinski definition) is 1. The first-order valence-corrected chi connectivity index (χ1v) is 15.0. The van der Waals surface area contributed by atoms with Crippen LogP contribution in [0.3, 0.4) is 0 Å². The molecule has 0 bridgehead atoms. The number of halogens is 1. The van der Waals surface area contributed by atoms with Crippen molar-refractivity contribution in [2.75, 3.05) is 26.2 Å². The van der Waals surface area contributed by atoms with E-state index in [9.17, 15) is 22.8 Å². The third-order valence-electron chi connectivity index (χ3n) is 7.22. The number of ether oxygens (including phenoxy) is 1. The minimum absolute atomic E-state index is 0.0344. The number of carbonyl (C=O) groups excluding carboxylic acids is 3. The van der Waals surface area contributed by atoms with Crippen molar-refractivity contribution in [1.82, 2.24) is 14.3 Å². The molecule has 2 aliphatic rings. The van der Waals surface area contributed by atoms with Crippen molar-refractivity contribution in [2.24, 2.45) is 0 Å². The lowest BCUT2D eigenvalue weighted by Crippen LogP contribution is -2.54. The number of carbonyl (C=O) groups is 3. The number of amides is 2. The molecule has 11 nitrogen and oxygen atoms in total. The van der Waals surface area contributed by atoms with Crippen LogP contribution >= 0.6 is 11.6 Å². The van der Waals surface area contributed by atoms with Crippen LogP contribution in [0.5, 0.6) is 0 Å². The van der Waals surface area contributed by atoms with Crippen LogP contribution in [0.25, 0.3) is 10.8 Å². The maximum atomic E-state index is 13.5. The lowest BCUT2D eigenvalue weighted by molar-refractivity contribution is -0.164. The number of hydrogen-bond acceptors (Lipinski definition) is 8. The molecule has 3 atom stereocenters. The van der Waals surface area contributed by atoms with Crippen LogP contribution in [0.2, 0.25) is 5.02 Å². The molecule has 0 saturated carbocycles. The van der Waals surface area contributed by atoms with Crippen molar-refractivity contribution < 1.29 is 32.4 Å². The molecule has 40 heavy (non-hydrogen) atoms. The van der Waals surface area contributed by atoms with Crippen LogP contribution in [0.15, 0.2) is 41.3 Å². The second kappa shape index (κ2) is 12.6. The number of likely N-dealkylation sites (tertiary alicyclic amines) is 1. The summed E-state index contributed by atoms with van der Waals surface area (Å²) in [5, 5.41) is 9.89. The van der Waals surface area contributed by atoms with Crippen LogP contribution in [0.1, 0.15) is 39.5 Å². The van der Waals surface area contributed by atoms with Gasteiger partial charge < -0.3 is 24.8 Å². The van der Waals surface area contributed by atoms with E-state index < -0.39 is 28.0 Å². The molecule has 216 valence electrons. The SMILES string of the molecule is CCCC(=N)CC1CN(C(=O)[C@H](C)N2CC[C@H](N(OC=O)S(=O)(=O)c3ccc4cc(Cl)ccc4c3)C2=O)CCO1. The minimum Gasteiger partial charge on any atom is -0.374 e. The molecule has 0 radical (unpaired) electrons. The van der Waals surface area contributed by atoms with E-state index in [-0.39, 0.29) is 36.3 Å². The van der Waals surface area contributed by atoms with Crippen molar-refractivity contribution in [3.8, 4) is 0 Å². The summed E-state index contributed by atoms with van der Waals surface area (Å²) in [4.78, 5) is 45.8. The Balaban J connectivity index is 1.49. The van der Waals surface area contributed by atoms with Crippen LogP contribution < -0.4 is 0 Å². The quantitative estimate of drug-likeness (QED) is 0.240. The van der Waals surface area contributed by atoms with Crippen LogP contribution in [-0.4, -0.2) is 91.1 Å². The zero-order valence-electron chi connectivity index (χ0n) is 22.4. The number of nitrogens with zero attached hydrogens (tertiary/aromatic N) is 3. The van der Waals surface area contributed by atoms with Crippen molar-refractivity contribution >= 4 is 56.4 Å². The smallest absolute Gasteiger partial charge is 0.314 e. The number of nitrogens with one attached hydrogen (secondary N) is 1. The summed E-state index contributed by atoms with van der Waals surface area (Å²) in [5.41, 5.74) is 0.569. The number of benzene rings is 2. The fraction of sp³-hybridized carbons (Fsp3) is 0.481. The molecule has 4 rings (SSSR count). The van der Waals surface area contributed by atoms with E-state index in [0.29, 0.717) is 53.1 Å². The van der Waals surface area contributed by atoms with Gasteiger partial charge in [0.25, 0.3) is 10.0 Å². The van der Waals surface area contributed by atoms with Crippen LogP contribution in [-0.2, 0) is 34.0 Å². The molecule has 2 aliphatic heterocycles. The maximum Gasteiger partial charge on any atom is 0.314 e. The van der Waals surface area contributed by atoms with Gasteiger partial charge in [-0.1, -0.05) is 37.1 Å². The van der Waals surface area contributed by atoms with Crippen molar-refractivity contribution in [3.05, 3.63) is 41.4 Å². The molecule has 1 N–H and O–H groups in total. The molecule has 2 amide bonds. The highest BCUT2D eigenvalue weighted by molar-refractivity contribution is 7.89. The van der Waals surface area contributed by atoms with Gasteiger partial charge in [-0.15, -0.1) is 0 Å². The summed E-state index contributed by atoms with van der Waals surface area (Å²) in [5.74, 6) is -0.920. The second-order valence-electron chi connectivity index (χ2n) is 9.96. The van der Waals surface area contributed by atoms with Gasteiger partial charge in [-0.05, 0) is 59.3 Å². The molecule has 0 aromatic heterocycles. The predicted octanol–water partition coefficient (Wildman–Crippen LogP) is 3.00. The van der Waals surface area contributed by atoms with Gasteiger partial charge in [0.15, 0.2) is 0 Å². The maximum absolute atomic E-state index is 13.5. The minimum atomic E-state index is -4.43. The van der Waals surface area contributed by atoms with E-state index in [2.05, 4.69) is 0 Å². The molecule has 13 heteroatoms. The summed E-state index contributed by atoms with van der Waals surface area (Å²) < 4.78 is 33.2. The molecular formula is C27H33ClN4O7S. The Bertz CT molecular complexity index is 1400. The molecular weight excluding hydrogens is 560 g/mol. The Labute approximate surface area is 238 Å². The number of rotatable bonds is 11. The molecule has 0 spiro atoms. The van der Waals surface area contributed by atoms with Crippen LogP contribution in [0.4, 0.5) is 0 Å². The topological polar surface area (TPSA) is 137 Å². The highest BCUT2D eigenvalue weighted by Gasteiger charge is 2.47. The third kappa shape index (κ3) is 6.30. The largest absolute Gasteiger partial charge is 0.374 e. The molecule has 1 unspecified atom stereocenters. The third-order valence-corrected chi connectivity index (χ3v) is 9.12. The fourth-order valence-electron chi connectivity index (χ4n) is 5.18. The Morgan fingerprint density at radius 3 is 2.70 bits per heavy atom. The van der Waals surface area contributed by atoms with Gasteiger partial charge in [-0.3, -0.25) is 14.4 Å². The number of morpholine rings is 1. The molecule has 0 aliphatic carbocycles. The summed E-state index contributed by atoms with van der Waals surface area (Å²) in [6.07, 6.45) is 1.72. The summed E-state index contributed by atoms with van der Waals surface area (Å²) in [7, 11) is -4.43. The average Bonchev–Trinajstić information content (AvgIpc) is 3.31. The van der Waals surface area contributed by atoms with Gasteiger partial charge >= 0.3 is 6.47 Å². The van der Waals surface area contributed by atoms with Crippen LogP contribution in [0, 0.1) is 5.41 Å². The monoisotopic (exact) mass is 592 g/mol. The van der Waals surface area contributed by atoms with Gasteiger partial charge in [0.1, 0.15) is 12.1 Å². The molecule has 2 saturated heterocycles. The van der Waals surface area contributed by atoms with Gasteiger partial charge in [0.05, 0.1) is 17.6 Å². The standard InChI is InChI=1S/C27H33ClN4O7S/c1-3-4-22(29)15-23-16-30(11-12-38-23)26(34)18(2)31-10-9-25(27(31)35)32(39-17-33)40(36,37)24-8-6-19-13-21(28)7-5-20(19)14-24/h5-8,13-14,17-18,23,25,29H,3-4,9-12,15-16H2,1-2H3/t18-,23?,25-/m0/s1. The molecule has 2 aromatic carbocycles. The highest BCUT2D eigenvalue weighted by Crippen LogP contribution is 2.29. The first kappa shape index (κ1) is 29.9. The Hall–Kier alpha value is -3.06. The zero-order chi connectivity index (χ0) is 29.0. The van der Waals surface area contributed by atoms with Gasteiger partial charge in [-0.2, -0.15) is 0 Å². The van der Waals surface area contributed by atoms with E-state index in [1.54, 1.807) is 36.1 Å². The number of sulfonamides is 1. The molecule has 2 aromatic rings. The highest BCUT2D eigenvalue weighted by atomic mass is 35.5. The summed E-state index contributed by atoms with van der Waals surface area (Å²) in [6, 6.07) is 7.15. The lowest BCUT2D eigenvalue weighted by Gasteiger charge is -2.36. The lowest BCUT2D eigenvalue weighted by atomic mass is 10.1. The summed E-state index contributed by atoms with van der Waals surface area (Å²) in [6.45, 7) is 4.66. The summed E-state index contributed by atoms with van der Waals surface area (Å²) >= 11 is 6.02. The van der Waals surface area contributed by atoms with Crippen molar-refractivity contribution in [3.63, 3.8) is 0 Å². The predicted molar refractivity (Wildman–Crippen MR) is 148 cm³/mol. The number of fused-ring (bicyclic) bond motifs is 1. The Morgan fingerprint density at radius 1 is 1.25 bits per heavy atom. The Morgan fingerprint density at radius 2 is 1.98 bits per heavy atom. The van der Waals surface area contributed by atoms with Gasteiger partial charge in [-0.25, -0.2) is 8.42 Å². The second-order valence-corrected chi connectivity index (χ2v) is 12.2. The van der Waals surface area contributed by atoms with E-state index >= 15 is 0 Å². The van der Waals surface area contributed by atoms with E-state index in [4.69, 9.17) is 26.6 Å². The Kier molecular flexibility index (Phi) is 9.44. The first-order valence-electron chi connectivity index (χ1n) is 13.2. The van der Waals surface area contributed by atoms with E-state index in [1.165, 1.54) is 17.0 Å². The molecule has 2 fully saturated rings. The zero-order valence-corrected chi connectivity index (χ0v) is 24.0. The normalized spacial score (nSPS) is 20.6. The van der Waals surface area contributed by atoms with Crippen molar-refractivity contribution in [2.45, 2.75) is 62.6 Å². The number of hydroxylamine groups is 1. The van der Waals surface area contributed by atoms with Gasteiger partial charge in [0.2, 0.25) is 11.8 Å². The van der Waals surface area contributed by atoms with Gasteiger partial charge in [0, 0.05) is 36.8 Å².